The van der Waals surface area contributed by atoms with Gasteiger partial charge < -0.3 is 15.5 Å². The molecule has 1 heterocycles. The molecule has 2 aromatic carbocycles. The van der Waals surface area contributed by atoms with E-state index in [2.05, 4.69) is 11.7 Å². The van der Waals surface area contributed by atoms with E-state index in [-0.39, 0.29) is 17.1 Å². The number of carboxylic acid groups (broad SMARTS) is 1. The van der Waals surface area contributed by atoms with Crippen molar-refractivity contribution in [3.63, 3.8) is 0 Å². The van der Waals surface area contributed by atoms with Crippen molar-refractivity contribution in [1.82, 2.24) is 9.71 Å². The summed E-state index contributed by atoms with van der Waals surface area (Å²) in [7, 11) is 0. The van der Waals surface area contributed by atoms with E-state index in [1.807, 2.05) is 0 Å². The molecule has 0 unspecified atom stereocenters. The van der Waals surface area contributed by atoms with Crippen LogP contribution in [0, 0.1) is 5.21 Å². The number of rotatable bonds is 3. The minimum absolute atomic E-state index is 0.0914. The summed E-state index contributed by atoms with van der Waals surface area (Å²) < 4.78 is 1.25. The number of hydrogen-bond donors (Lipinski definition) is 2. The largest absolute Gasteiger partial charge is 0.619 e. The molecule has 7 nitrogen and oxygen atoms in total. The molecule has 0 radical (unpaired) electrons. The Hall–Kier alpha value is -3.35. The molecule has 7 heteroatoms. The van der Waals surface area contributed by atoms with Gasteiger partial charge in [-0.15, -0.1) is 0 Å². The van der Waals surface area contributed by atoms with Crippen molar-refractivity contribution in [3.8, 4) is 11.4 Å². The molecule has 0 amide bonds. The van der Waals surface area contributed by atoms with Gasteiger partial charge in [0.05, 0.1) is 11.1 Å². The second kappa shape index (κ2) is 4.88. The van der Waals surface area contributed by atoms with E-state index in [0.29, 0.717) is 21.3 Å². The molecule has 0 aliphatic heterocycles. The lowest BCUT2D eigenvalue weighted by molar-refractivity contribution is -0.349. The van der Waals surface area contributed by atoms with Gasteiger partial charge in [0.2, 0.25) is 5.69 Å². The Morgan fingerprint density at radius 1 is 1.27 bits per heavy atom. The molecular formula is C15H11N3O4. The second-order valence-corrected chi connectivity index (χ2v) is 4.68. The molecule has 0 bridgehead atoms. The first-order chi connectivity index (χ1) is 10.5. The molecule has 110 valence electrons. The molecule has 22 heavy (non-hydrogen) atoms. The van der Waals surface area contributed by atoms with Crippen LogP contribution in [0.4, 0.5) is 5.69 Å². The summed E-state index contributed by atoms with van der Waals surface area (Å²) in [6.45, 7) is 3.24. The van der Waals surface area contributed by atoms with Gasteiger partial charge in [0, 0.05) is 17.7 Å². The first-order valence-electron chi connectivity index (χ1n) is 6.30. The topological polar surface area (TPSA) is 101 Å². The summed E-state index contributed by atoms with van der Waals surface area (Å²) in [5.74, 6) is -0.874. The maximum atomic E-state index is 11.2. The Labute approximate surface area is 124 Å². The van der Waals surface area contributed by atoms with Crippen LogP contribution < -0.4 is 0 Å². The van der Waals surface area contributed by atoms with Crippen LogP contribution in [0.15, 0.2) is 42.5 Å². The third-order valence-electron chi connectivity index (χ3n) is 3.27. The second-order valence-electron chi connectivity index (χ2n) is 4.68. The predicted octanol–water partition coefficient (Wildman–Crippen LogP) is 2.48. The molecule has 0 aliphatic carbocycles. The lowest BCUT2D eigenvalue weighted by Gasteiger charge is -2.03. The Morgan fingerprint density at radius 3 is 2.73 bits per heavy atom. The Kier molecular flexibility index (Phi) is 3.03. The summed E-state index contributed by atoms with van der Waals surface area (Å²) in [6, 6.07) is 10.6. The SMILES string of the molecule is C=[N+]([O-])c1ccc2nc(-c3cccc(C(=O)O)c3)n(O)c2c1. The van der Waals surface area contributed by atoms with Crippen LogP contribution in [0.2, 0.25) is 0 Å². The van der Waals surface area contributed by atoms with Crippen LogP contribution in [0.25, 0.3) is 22.4 Å². The highest BCUT2D eigenvalue weighted by Gasteiger charge is 2.15. The zero-order valence-electron chi connectivity index (χ0n) is 11.3. The van der Waals surface area contributed by atoms with Crippen LogP contribution in [-0.4, -0.2) is 37.5 Å². The summed E-state index contributed by atoms with van der Waals surface area (Å²) in [5.41, 5.74) is 1.62. The fourth-order valence-corrected chi connectivity index (χ4v) is 2.18. The minimum atomic E-state index is -1.07. The Morgan fingerprint density at radius 2 is 2.05 bits per heavy atom. The summed E-state index contributed by atoms with van der Waals surface area (Å²) in [6.07, 6.45) is 0. The highest BCUT2D eigenvalue weighted by atomic mass is 16.5. The fraction of sp³-hybridized carbons (Fsp3) is 0. The monoisotopic (exact) mass is 297 g/mol. The van der Waals surface area contributed by atoms with E-state index in [1.54, 1.807) is 18.2 Å². The van der Waals surface area contributed by atoms with Crippen molar-refractivity contribution >= 4 is 29.4 Å². The van der Waals surface area contributed by atoms with Crippen LogP contribution >= 0.6 is 0 Å². The number of fused-ring (bicyclic) bond motifs is 1. The van der Waals surface area contributed by atoms with Gasteiger partial charge in [-0.1, -0.05) is 12.1 Å². The van der Waals surface area contributed by atoms with E-state index in [0.717, 1.165) is 4.73 Å². The predicted molar refractivity (Wildman–Crippen MR) is 79.7 cm³/mol. The van der Waals surface area contributed by atoms with Gasteiger partial charge in [-0.3, -0.25) is 0 Å². The molecule has 0 spiro atoms. The molecule has 1 aromatic heterocycles. The highest BCUT2D eigenvalue weighted by molar-refractivity contribution is 5.89. The standard InChI is InChI=1S/C15H11N3O4/c1-17(21)11-5-6-12-13(8-11)18(22)14(16-12)9-3-2-4-10(7-9)15(19)20/h2-8,22H,1H2,(H,19,20). The number of nitrogens with zero attached hydrogens (tertiary/aromatic N) is 3. The van der Waals surface area contributed by atoms with Crippen LogP contribution in [0.1, 0.15) is 10.4 Å². The van der Waals surface area contributed by atoms with Gasteiger partial charge in [0.1, 0.15) is 12.2 Å². The van der Waals surface area contributed by atoms with Gasteiger partial charge in [0.25, 0.3) is 0 Å². The third-order valence-corrected chi connectivity index (χ3v) is 3.27. The van der Waals surface area contributed by atoms with Gasteiger partial charge in [-0.25, -0.2) is 9.78 Å². The molecule has 0 saturated heterocycles. The Balaban J connectivity index is 2.19. The molecule has 3 rings (SSSR count). The number of carbonyl (C=O) groups is 1. The number of aromatic carboxylic acids is 1. The molecule has 2 N–H and O–H groups in total. The number of carboxylic acids is 1. The number of benzene rings is 2. The molecule has 0 atom stereocenters. The van der Waals surface area contributed by atoms with Crippen LogP contribution in [0.5, 0.6) is 0 Å². The van der Waals surface area contributed by atoms with E-state index >= 15 is 0 Å². The highest BCUT2D eigenvalue weighted by Crippen LogP contribution is 2.26. The molecule has 3 aromatic rings. The average Bonchev–Trinajstić information content (AvgIpc) is 2.84. The van der Waals surface area contributed by atoms with Gasteiger partial charge in [-0.2, -0.15) is 9.47 Å². The van der Waals surface area contributed by atoms with E-state index in [9.17, 15) is 15.2 Å². The van der Waals surface area contributed by atoms with Crippen molar-refractivity contribution < 1.29 is 19.8 Å². The molecule has 0 saturated carbocycles. The normalized spacial score (nSPS) is 10.7. The molecule has 0 aliphatic rings. The zero-order valence-corrected chi connectivity index (χ0v) is 11.3. The average molecular weight is 297 g/mol. The van der Waals surface area contributed by atoms with E-state index < -0.39 is 5.97 Å². The number of hydrogen-bond acceptors (Lipinski definition) is 4. The lowest BCUT2D eigenvalue weighted by Crippen LogP contribution is -1.98. The van der Waals surface area contributed by atoms with Crippen molar-refractivity contribution in [2.45, 2.75) is 0 Å². The van der Waals surface area contributed by atoms with Gasteiger partial charge in [0.15, 0.2) is 5.82 Å². The van der Waals surface area contributed by atoms with Crippen molar-refractivity contribution in [3.05, 3.63) is 53.2 Å². The summed E-state index contributed by atoms with van der Waals surface area (Å²) in [5, 5.41) is 30.5. The molecule has 0 fully saturated rings. The van der Waals surface area contributed by atoms with Crippen LogP contribution in [-0.2, 0) is 0 Å². The van der Waals surface area contributed by atoms with E-state index in [1.165, 1.54) is 24.3 Å². The number of imidazole rings is 1. The first kappa shape index (κ1) is 13.6. The van der Waals surface area contributed by atoms with Crippen molar-refractivity contribution in [2.24, 2.45) is 0 Å². The first-order valence-corrected chi connectivity index (χ1v) is 6.30. The van der Waals surface area contributed by atoms with Gasteiger partial charge >= 0.3 is 5.97 Å². The number of aromatic nitrogens is 2. The maximum absolute atomic E-state index is 11.2. The lowest BCUT2D eigenvalue weighted by atomic mass is 10.1. The summed E-state index contributed by atoms with van der Waals surface area (Å²) >= 11 is 0. The van der Waals surface area contributed by atoms with Crippen molar-refractivity contribution in [2.75, 3.05) is 0 Å². The zero-order chi connectivity index (χ0) is 15.9. The fourth-order valence-electron chi connectivity index (χ4n) is 2.18. The quantitative estimate of drug-likeness (QED) is 0.254. The smallest absolute Gasteiger partial charge is 0.335 e. The Bertz CT molecular complexity index is 914. The summed E-state index contributed by atoms with van der Waals surface area (Å²) in [4.78, 5) is 15.3. The maximum Gasteiger partial charge on any atom is 0.335 e. The minimum Gasteiger partial charge on any atom is -0.619 e. The van der Waals surface area contributed by atoms with E-state index in [4.69, 9.17) is 5.11 Å². The van der Waals surface area contributed by atoms with Crippen molar-refractivity contribution in [1.29, 1.82) is 0 Å². The third kappa shape index (κ3) is 2.14. The van der Waals surface area contributed by atoms with Crippen LogP contribution in [0.3, 0.4) is 0 Å². The van der Waals surface area contributed by atoms with Gasteiger partial charge in [-0.05, 0) is 18.2 Å². The molecular weight excluding hydrogens is 286 g/mol.